The van der Waals surface area contributed by atoms with Crippen LogP contribution in [0.2, 0.25) is 0 Å². The highest BCUT2D eigenvalue weighted by Gasteiger charge is 2.32. The van der Waals surface area contributed by atoms with Crippen LogP contribution in [-0.4, -0.2) is 37.0 Å². The average molecular weight is 661 g/mol. The van der Waals surface area contributed by atoms with Crippen LogP contribution in [0.25, 0.3) is 0 Å². The molecule has 0 spiro atoms. The van der Waals surface area contributed by atoms with E-state index in [9.17, 15) is 14.2 Å². The predicted octanol–water partition coefficient (Wildman–Crippen LogP) is 10.5. The van der Waals surface area contributed by atoms with Crippen molar-refractivity contribution in [2.24, 2.45) is 0 Å². The average Bonchev–Trinajstić information content (AvgIpc) is 3.04. The Morgan fingerprint density at radius 3 is 1.50 bits per heavy atom. The van der Waals surface area contributed by atoms with Crippen molar-refractivity contribution in [1.82, 2.24) is 0 Å². The first-order valence-corrected chi connectivity index (χ1v) is 18.5. The maximum absolute atomic E-state index is 13.4. The molecule has 0 aliphatic heterocycles. The maximum Gasteiger partial charge on any atom is 0.209 e. The van der Waals surface area contributed by atoms with Crippen LogP contribution in [0.3, 0.4) is 0 Å². The molecule has 0 amide bonds. The van der Waals surface area contributed by atoms with Crippen molar-refractivity contribution in [3.8, 4) is 23.0 Å². The van der Waals surface area contributed by atoms with Crippen LogP contribution in [0.5, 0.6) is 23.0 Å². The van der Waals surface area contributed by atoms with Gasteiger partial charge in [0.2, 0.25) is 11.5 Å². The number of unbranched alkanes of at least 4 members (excludes halogenated alkanes) is 10. The number of ether oxygens (including phenoxy) is 4. The fourth-order valence-corrected chi connectivity index (χ4v) is 5.43. The van der Waals surface area contributed by atoms with Crippen molar-refractivity contribution in [3.05, 3.63) is 30.4 Å². The number of Topliss-reactive ketones (excluding diaryl/α,β-unsaturated/α-hetero) is 2. The minimum absolute atomic E-state index is 0.144. The van der Waals surface area contributed by atoms with Crippen molar-refractivity contribution in [2.75, 3.05) is 13.2 Å². The van der Waals surface area contributed by atoms with Gasteiger partial charge in [0, 0.05) is 6.07 Å². The Balaban J connectivity index is 3.89. The summed E-state index contributed by atoms with van der Waals surface area (Å²) in [5.41, 5.74) is 0.773. The van der Waals surface area contributed by atoms with Crippen molar-refractivity contribution < 1.29 is 33.1 Å². The molecule has 1 aromatic rings. The van der Waals surface area contributed by atoms with Crippen LogP contribution >= 0.6 is 8.46 Å². The summed E-state index contributed by atoms with van der Waals surface area (Å²) in [5.74, 6) is 0.463. The Kier molecular flexibility index (Phi) is 22.0. The van der Waals surface area contributed by atoms with Gasteiger partial charge in [-0.15, -0.1) is 0 Å². The van der Waals surface area contributed by atoms with E-state index in [0.29, 0.717) is 48.3 Å². The summed E-state index contributed by atoms with van der Waals surface area (Å²) in [4.78, 5) is 26.9. The van der Waals surface area contributed by atoms with Crippen molar-refractivity contribution in [3.63, 3.8) is 0 Å². The third-order valence-corrected chi connectivity index (χ3v) is 8.35. The van der Waals surface area contributed by atoms with Gasteiger partial charge in [0.25, 0.3) is 0 Å². The van der Waals surface area contributed by atoms with Crippen LogP contribution in [0, 0.1) is 0 Å². The molecule has 0 aliphatic carbocycles. The first-order chi connectivity index (χ1) is 22.2. The van der Waals surface area contributed by atoms with Crippen molar-refractivity contribution in [1.29, 1.82) is 0 Å². The Morgan fingerprint density at radius 2 is 1.07 bits per heavy atom. The summed E-state index contributed by atoms with van der Waals surface area (Å²) in [6, 6.07) is 1.65. The molecule has 0 radical (unpaired) electrons. The SMILES string of the molecule is C=C(C)C(=O)C(CCCCC)Oc1c(OCCCCCC)cc(P=O)c(OCCCCCC)c1OC(CCCCC)C(=O)C(=C)C. The Labute approximate surface area is 281 Å². The van der Waals surface area contributed by atoms with Crippen LogP contribution in [0.4, 0.5) is 0 Å². The van der Waals surface area contributed by atoms with Gasteiger partial charge in [0.15, 0.2) is 43.7 Å². The number of hydrogen-bond acceptors (Lipinski definition) is 7. The predicted molar refractivity (Wildman–Crippen MR) is 190 cm³/mol. The number of ketones is 2. The monoisotopic (exact) mass is 660 g/mol. The van der Waals surface area contributed by atoms with E-state index in [-0.39, 0.29) is 37.3 Å². The lowest BCUT2D eigenvalue weighted by Crippen LogP contribution is -2.31. The molecule has 1 aromatic carbocycles. The summed E-state index contributed by atoms with van der Waals surface area (Å²) >= 11 is 0. The van der Waals surface area contributed by atoms with E-state index in [1.54, 1.807) is 19.9 Å². The number of carbonyl (C=O) groups is 2. The summed E-state index contributed by atoms with van der Waals surface area (Å²) < 4.78 is 38.4. The number of rotatable bonds is 29. The summed E-state index contributed by atoms with van der Waals surface area (Å²) in [7, 11) is -0.290. The lowest BCUT2D eigenvalue weighted by Gasteiger charge is -2.27. The van der Waals surface area contributed by atoms with Gasteiger partial charge in [-0.1, -0.05) is 105 Å². The molecule has 0 heterocycles. The van der Waals surface area contributed by atoms with Crippen LogP contribution in [0.15, 0.2) is 30.4 Å². The molecule has 8 heteroatoms. The second-order valence-corrected chi connectivity index (χ2v) is 12.9. The minimum atomic E-state index is -0.861. The van der Waals surface area contributed by atoms with E-state index < -0.39 is 12.2 Å². The van der Waals surface area contributed by atoms with E-state index in [0.717, 1.165) is 89.9 Å². The highest BCUT2D eigenvalue weighted by atomic mass is 31.1. The first kappa shape index (κ1) is 41.4. The van der Waals surface area contributed by atoms with Crippen molar-refractivity contribution in [2.45, 2.75) is 156 Å². The zero-order valence-corrected chi connectivity index (χ0v) is 30.6. The maximum atomic E-state index is 13.4. The zero-order valence-electron chi connectivity index (χ0n) is 29.7. The number of carbonyl (C=O) groups excluding carboxylic acids is 2. The lowest BCUT2D eigenvalue weighted by molar-refractivity contribution is -0.123. The second kappa shape index (κ2) is 24.5. The summed E-state index contributed by atoms with van der Waals surface area (Å²) in [6.07, 6.45) is 12.6. The standard InChI is InChI=1S/C38H61O7P/c1-9-13-17-21-25-42-32-27-33(46-41)37(43-26-22-18-14-10-2)38(45-31(24-20-16-12-4)35(40)29(7)8)36(32)44-30(23-19-15-11-3)34(39)28(5)6/h27,30-31H,5,7,9-26H2,1-4,6,8H3. The molecule has 46 heavy (non-hydrogen) atoms. The molecule has 0 N–H and O–H groups in total. The van der Waals surface area contributed by atoms with E-state index in [4.69, 9.17) is 18.9 Å². The molecule has 260 valence electrons. The normalized spacial score (nSPS) is 12.4. The molecule has 2 atom stereocenters. The second-order valence-electron chi connectivity index (χ2n) is 12.3. The fraction of sp³-hybridized carbons (Fsp3) is 0.684. The van der Waals surface area contributed by atoms with Crippen molar-refractivity contribution >= 4 is 25.3 Å². The van der Waals surface area contributed by atoms with E-state index in [1.807, 2.05) is 0 Å². The van der Waals surface area contributed by atoms with Gasteiger partial charge in [-0.25, -0.2) is 0 Å². The van der Waals surface area contributed by atoms with Gasteiger partial charge in [0.1, 0.15) is 0 Å². The molecule has 1 rings (SSSR count). The third-order valence-electron chi connectivity index (χ3n) is 7.82. The topological polar surface area (TPSA) is 88.1 Å². The molecular formula is C38H61O7P. The van der Waals surface area contributed by atoms with Crippen LogP contribution < -0.4 is 24.3 Å². The summed E-state index contributed by atoms with van der Waals surface area (Å²) in [6.45, 7) is 20.4. The Hall–Kier alpha value is -2.66. The molecule has 0 fully saturated rings. The smallest absolute Gasteiger partial charge is 0.209 e. The number of hydrogen-bond donors (Lipinski definition) is 0. The van der Waals surface area contributed by atoms with Gasteiger partial charge in [-0.2, -0.15) is 0 Å². The van der Waals surface area contributed by atoms with Gasteiger partial charge in [0.05, 0.1) is 18.5 Å². The summed E-state index contributed by atoms with van der Waals surface area (Å²) in [5, 5.41) is 0.338. The van der Waals surface area contributed by atoms with Crippen LogP contribution in [-0.2, 0) is 14.2 Å². The van der Waals surface area contributed by atoms with Crippen LogP contribution in [0.1, 0.15) is 144 Å². The molecule has 2 unspecified atom stereocenters. The fourth-order valence-electron chi connectivity index (χ4n) is 5.01. The highest BCUT2D eigenvalue weighted by Crippen LogP contribution is 2.47. The minimum Gasteiger partial charge on any atom is -0.490 e. The Bertz CT molecular complexity index is 1100. The molecule has 0 saturated carbocycles. The molecule has 7 nitrogen and oxygen atoms in total. The van der Waals surface area contributed by atoms with Gasteiger partial charge in [-0.05, 0) is 63.5 Å². The number of benzene rings is 1. The van der Waals surface area contributed by atoms with E-state index in [1.165, 1.54) is 0 Å². The first-order valence-electron chi connectivity index (χ1n) is 17.7. The lowest BCUT2D eigenvalue weighted by atomic mass is 10.0. The molecule has 0 bridgehead atoms. The molecular weight excluding hydrogens is 599 g/mol. The quantitative estimate of drug-likeness (QED) is 0.0480. The Morgan fingerprint density at radius 1 is 0.630 bits per heavy atom. The third kappa shape index (κ3) is 14.8. The van der Waals surface area contributed by atoms with E-state index in [2.05, 4.69) is 40.9 Å². The molecule has 0 aliphatic rings. The molecule has 0 saturated heterocycles. The highest BCUT2D eigenvalue weighted by molar-refractivity contribution is 7.34. The van der Waals surface area contributed by atoms with Gasteiger partial charge in [-0.3, -0.25) is 14.2 Å². The van der Waals surface area contributed by atoms with Gasteiger partial charge >= 0.3 is 0 Å². The van der Waals surface area contributed by atoms with Gasteiger partial charge < -0.3 is 18.9 Å². The van der Waals surface area contributed by atoms with E-state index >= 15 is 0 Å². The molecule has 0 aromatic heterocycles. The zero-order chi connectivity index (χ0) is 34.3. The largest absolute Gasteiger partial charge is 0.490 e.